The molecule has 0 bridgehead atoms. The zero-order chi connectivity index (χ0) is 23.5. The second-order valence-electron chi connectivity index (χ2n) is 9.68. The molecule has 0 amide bonds. The van der Waals surface area contributed by atoms with Crippen molar-refractivity contribution in [3.05, 3.63) is 36.0 Å². The fourth-order valence-corrected chi connectivity index (χ4v) is 6.87. The van der Waals surface area contributed by atoms with E-state index in [0.717, 1.165) is 5.57 Å². The lowest BCUT2D eigenvalue weighted by atomic mass is 9.48. The van der Waals surface area contributed by atoms with Crippen molar-refractivity contribution < 1.29 is 29.0 Å². The number of rotatable bonds is 4. The lowest BCUT2D eigenvalue weighted by Gasteiger charge is -2.57. The molecule has 7 atom stereocenters. The van der Waals surface area contributed by atoms with Gasteiger partial charge in [-0.2, -0.15) is 0 Å². The molecule has 1 N–H and O–H groups in total. The standard InChI is InChI=1S/C24H28Cl2O6/c1-4-31-21(30)24(32-20(29)19(25)26)10-8-16-15-6-5-13-11-14(27)7-9-22(13,2)18(15)17(28)12-23(16,24)3/h5-7,9,11,15-19,28H,4,8,10,12H2,1-3H3/t15-,16-,17-,18+,22-,23-,24-/m0/s1. The Labute approximate surface area is 197 Å². The molecular weight excluding hydrogens is 455 g/mol. The van der Waals surface area contributed by atoms with Crippen molar-refractivity contribution in [2.45, 2.75) is 56.6 Å². The number of fused-ring (bicyclic) bond motifs is 5. The summed E-state index contributed by atoms with van der Waals surface area (Å²) in [7, 11) is 0. The van der Waals surface area contributed by atoms with Gasteiger partial charge in [0, 0.05) is 16.7 Å². The topological polar surface area (TPSA) is 89.9 Å². The normalized spacial score (nSPS) is 42.1. The van der Waals surface area contributed by atoms with Crippen LogP contribution in [-0.2, 0) is 23.9 Å². The summed E-state index contributed by atoms with van der Waals surface area (Å²) in [6.45, 7) is 5.74. The van der Waals surface area contributed by atoms with E-state index < -0.39 is 39.3 Å². The maximum Gasteiger partial charge on any atom is 0.351 e. The van der Waals surface area contributed by atoms with Crippen LogP contribution in [0.3, 0.4) is 0 Å². The SMILES string of the molecule is CCOC(=O)[C@@]1(OC(=O)C(Cl)Cl)CC[C@H]2[C@@H]3C=CC4=CC(=O)C=C[C@]4(C)[C@H]3[C@@H](O)C[C@@]21C. The van der Waals surface area contributed by atoms with Crippen LogP contribution < -0.4 is 0 Å². The third kappa shape index (κ3) is 3.21. The van der Waals surface area contributed by atoms with Crippen LogP contribution in [0.4, 0.5) is 0 Å². The predicted molar refractivity (Wildman–Crippen MR) is 119 cm³/mol. The molecule has 0 aromatic carbocycles. The average molecular weight is 483 g/mol. The summed E-state index contributed by atoms with van der Waals surface area (Å²) in [5, 5.41) is 11.4. The predicted octanol–water partition coefficient (Wildman–Crippen LogP) is 3.69. The molecule has 0 aliphatic heterocycles. The van der Waals surface area contributed by atoms with Crippen LogP contribution in [0.1, 0.15) is 40.0 Å². The van der Waals surface area contributed by atoms with Crippen LogP contribution in [0.15, 0.2) is 36.0 Å². The molecule has 32 heavy (non-hydrogen) atoms. The first kappa shape index (κ1) is 23.5. The van der Waals surface area contributed by atoms with Crippen molar-refractivity contribution in [2.75, 3.05) is 6.61 Å². The first-order valence-corrected chi connectivity index (χ1v) is 11.9. The van der Waals surface area contributed by atoms with Crippen LogP contribution in [0.25, 0.3) is 0 Å². The van der Waals surface area contributed by atoms with E-state index in [9.17, 15) is 19.5 Å². The molecular formula is C24H28Cl2O6. The minimum absolute atomic E-state index is 0.0575. The number of hydrogen-bond donors (Lipinski definition) is 1. The van der Waals surface area contributed by atoms with Gasteiger partial charge in [-0.15, -0.1) is 0 Å². The van der Waals surface area contributed by atoms with E-state index in [4.69, 9.17) is 32.7 Å². The van der Waals surface area contributed by atoms with Crippen LogP contribution in [0, 0.1) is 28.6 Å². The van der Waals surface area contributed by atoms with Crippen LogP contribution in [0.2, 0.25) is 0 Å². The molecule has 0 heterocycles. The van der Waals surface area contributed by atoms with Crippen LogP contribution in [-0.4, -0.2) is 46.0 Å². The van der Waals surface area contributed by atoms with E-state index in [-0.39, 0.29) is 43.0 Å². The highest BCUT2D eigenvalue weighted by molar-refractivity contribution is 6.53. The number of hydrogen-bond acceptors (Lipinski definition) is 6. The molecule has 4 aliphatic carbocycles. The van der Waals surface area contributed by atoms with Gasteiger partial charge in [0.2, 0.25) is 10.4 Å². The van der Waals surface area contributed by atoms with E-state index in [2.05, 4.69) is 0 Å². The van der Waals surface area contributed by atoms with Crippen molar-refractivity contribution in [2.24, 2.45) is 28.6 Å². The third-order valence-electron chi connectivity index (χ3n) is 8.24. The van der Waals surface area contributed by atoms with Gasteiger partial charge in [0.05, 0.1) is 12.7 Å². The van der Waals surface area contributed by atoms with Gasteiger partial charge in [0.25, 0.3) is 0 Å². The molecule has 174 valence electrons. The van der Waals surface area contributed by atoms with E-state index >= 15 is 0 Å². The largest absolute Gasteiger partial charge is 0.463 e. The minimum atomic E-state index is -1.58. The van der Waals surface area contributed by atoms with Gasteiger partial charge in [-0.1, -0.05) is 55.3 Å². The third-order valence-corrected chi connectivity index (χ3v) is 8.59. The molecule has 2 saturated carbocycles. The smallest absolute Gasteiger partial charge is 0.351 e. The number of ketones is 1. The van der Waals surface area contributed by atoms with Crippen molar-refractivity contribution in [3.8, 4) is 0 Å². The monoisotopic (exact) mass is 482 g/mol. The van der Waals surface area contributed by atoms with Gasteiger partial charge in [0.1, 0.15) is 0 Å². The van der Waals surface area contributed by atoms with Crippen molar-refractivity contribution >= 4 is 40.9 Å². The number of aliphatic hydroxyl groups is 1. The summed E-state index contributed by atoms with van der Waals surface area (Å²) in [4.78, 5) is 36.2. The summed E-state index contributed by atoms with van der Waals surface area (Å²) in [5.41, 5.74) is -2.09. The lowest BCUT2D eigenvalue weighted by molar-refractivity contribution is -0.208. The first-order valence-electron chi connectivity index (χ1n) is 11.0. The molecule has 0 aromatic rings. The van der Waals surface area contributed by atoms with Gasteiger partial charge in [-0.25, -0.2) is 9.59 Å². The first-order chi connectivity index (χ1) is 15.0. The number of halogens is 2. The fourth-order valence-electron chi connectivity index (χ4n) is 6.78. The Morgan fingerprint density at radius 1 is 1.28 bits per heavy atom. The summed E-state index contributed by atoms with van der Waals surface area (Å²) >= 11 is 11.5. The lowest BCUT2D eigenvalue weighted by Crippen LogP contribution is -2.62. The van der Waals surface area contributed by atoms with Crippen molar-refractivity contribution in [1.29, 1.82) is 0 Å². The van der Waals surface area contributed by atoms with Gasteiger partial charge in [0.15, 0.2) is 5.78 Å². The molecule has 0 radical (unpaired) electrons. The summed E-state index contributed by atoms with van der Waals surface area (Å²) in [5.74, 6) is -1.91. The van der Waals surface area contributed by atoms with E-state index in [1.807, 2.05) is 32.1 Å². The molecule has 0 unspecified atom stereocenters. The zero-order valence-electron chi connectivity index (χ0n) is 18.3. The maximum absolute atomic E-state index is 13.2. The summed E-state index contributed by atoms with van der Waals surface area (Å²) in [6, 6.07) is 0. The molecule has 8 heteroatoms. The highest BCUT2D eigenvalue weighted by Gasteiger charge is 2.71. The Kier molecular flexibility index (Phi) is 5.88. The number of allylic oxidation sites excluding steroid dienone is 6. The second kappa shape index (κ2) is 8.00. The minimum Gasteiger partial charge on any atom is -0.463 e. The Hall–Kier alpha value is -1.63. The van der Waals surface area contributed by atoms with Gasteiger partial charge < -0.3 is 14.6 Å². The molecule has 4 aliphatic rings. The Bertz CT molecular complexity index is 939. The molecule has 4 rings (SSSR count). The summed E-state index contributed by atoms with van der Waals surface area (Å²) < 4.78 is 11.1. The summed E-state index contributed by atoms with van der Waals surface area (Å²) in [6.07, 6.45) is 9.34. The van der Waals surface area contributed by atoms with Gasteiger partial charge in [-0.05, 0) is 55.7 Å². The molecule has 6 nitrogen and oxygen atoms in total. The zero-order valence-corrected chi connectivity index (χ0v) is 19.9. The molecule has 0 saturated heterocycles. The molecule has 0 spiro atoms. The van der Waals surface area contributed by atoms with Gasteiger partial charge in [-0.3, -0.25) is 4.79 Å². The Morgan fingerprint density at radius 3 is 2.66 bits per heavy atom. The van der Waals surface area contributed by atoms with Crippen molar-refractivity contribution in [3.63, 3.8) is 0 Å². The molecule has 2 fully saturated rings. The maximum atomic E-state index is 13.2. The number of alkyl halides is 2. The average Bonchev–Trinajstić information content (AvgIpc) is 3.01. The fraction of sp³-hybridized carbons (Fsp3) is 0.625. The second-order valence-corrected chi connectivity index (χ2v) is 10.8. The highest BCUT2D eigenvalue weighted by Crippen LogP contribution is 2.66. The van der Waals surface area contributed by atoms with E-state index in [1.165, 1.54) is 0 Å². The Morgan fingerprint density at radius 2 is 2.00 bits per heavy atom. The van der Waals surface area contributed by atoms with Crippen LogP contribution in [0.5, 0.6) is 0 Å². The van der Waals surface area contributed by atoms with E-state index in [0.29, 0.717) is 6.42 Å². The number of carbonyl (C=O) groups excluding carboxylic acids is 3. The van der Waals surface area contributed by atoms with Gasteiger partial charge >= 0.3 is 11.9 Å². The number of aliphatic hydroxyl groups excluding tert-OH is 1. The number of esters is 2. The highest BCUT2D eigenvalue weighted by atomic mass is 35.5. The van der Waals surface area contributed by atoms with Crippen LogP contribution >= 0.6 is 23.2 Å². The quantitative estimate of drug-likeness (QED) is 0.485. The van der Waals surface area contributed by atoms with Crippen molar-refractivity contribution in [1.82, 2.24) is 0 Å². The molecule has 0 aromatic heterocycles. The Balaban J connectivity index is 1.79. The number of ether oxygens (including phenoxy) is 2. The van der Waals surface area contributed by atoms with E-state index in [1.54, 1.807) is 19.1 Å². The number of carbonyl (C=O) groups is 3.